The lowest BCUT2D eigenvalue weighted by molar-refractivity contribution is -0.119. The monoisotopic (exact) mass is 202 g/mol. The first kappa shape index (κ1) is 9.62. The van der Waals surface area contributed by atoms with Gasteiger partial charge in [-0.3, -0.25) is 4.79 Å². The van der Waals surface area contributed by atoms with Crippen LogP contribution >= 0.6 is 0 Å². The van der Waals surface area contributed by atoms with E-state index in [4.69, 9.17) is 0 Å². The minimum Gasteiger partial charge on any atom is -0.355 e. The Morgan fingerprint density at radius 1 is 1.47 bits per heavy atom. The lowest BCUT2D eigenvalue weighted by Crippen LogP contribution is -2.13. The average Bonchev–Trinajstić information content (AvgIpc) is 2.66. The standard InChI is InChI=1S/C11H10N2O2/c14-7-13-10-3-1-2-8(4-10)9-5-11(15)12-6-9/h1-4,9H,5-6H2,(H,12,15). The number of nitrogens with one attached hydrogen (secondary N) is 1. The molecular formula is C11H10N2O2. The maximum atomic E-state index is 11.0. The smallest absolute Gasteiger partial charge is 0.240 e. The van der Waals surface area contributed by atoms with Gasteiger partial charge in [0.05, 0.1) is 5.69 Å². The molecular weight excluding hydrogens is 192 g/mol. The van der Waals surface area contributed by atoms with Crippen molar-refractivity contribution in [1.29, 1.82) is 0 Å². The normalized spacial score (nSPS) is 19.5. The van der Waals surface area contributed by atoms with Crippen molar-refractivity contribution in [3.8, 4) is 0 Å². The number of aliphatic imine (C=N–C) groups is 1. The zero-order valence-electron chi connectivity index (χ0n) is 8.06. The van der Waals surface area contributed by atoms with E-state index in [9.17, 15) is 9.59 Å². The van der Waals surface area contributed by atoms with Crippen molar-refractivity contribution in [3.63, 3.8) is 0 Å². The van der Waals surface area contributed by atoms with Crippen LogP contribution < -0.4 is 5.32 Å². The molecule has 4 heteroatoms. The number of isocyanates is 1. The molecule has 0 spiro atoms. The van der Waals surface area contributed by atoms with Gasteiger partial charge in [0.25, 0.3) is 0 Å². The quantitative estimate of drug-likeness (QED) is 0.579. The van der Waals surface area contributed by atoms with Crippen molar-refractivity contribution in [2.24, 2.45) is 4.99 Å². The molecule has 1 aliphatic heterocycles. The van der Waals surface area contributed by atoms with Crippen molar-refractivity contribution in [2.75, 3.05) is 6.54 Å². The van der Waals surface area contributed by atoms with Crippen LogP contribution in [0.5, 0.6) is 0 Å². The SMILES string of the molecule is O=C=Nc1cccc(C2CNC(=O)C2)c1. The Hall–Kier alpha value is -1.93. The third-order valence-corrected chi connectivity index (χ3v) is 2.49. The molecule has 76 valence electrons. The minimum atomic E-state index is 0.0734. The predicted octanol–water partition coefficient (Wildman–Crippen LogP) is 1.26. The van der Waals surface area contributed by atoms with Crippen LogP contribution in [0.2, 0.25) is 0 Å². The van der Waals surface area contributed by atoms with Crippen LogP contribution in [0, 0.1) is 0 Å². The number of rotatable bonds is 2. The van der Waals surface area contributed by atoms with E-state index in [-0.39, 0.29) is 11.8 Å². The van der Waals surface area contributed by atoms with E-state index in [1.807, 2.05) is 18.2 Å². The van der Waals surface area contributed by atoms with Gasteiger partial charge in [0, 0.05) is 18.9 Å². The van der Waals surface area contributed by atoms with Gasteiger partial charge in [-0.1, -0.05) is 12.1 Å². The van der Waals surface area contributed by atoms with Gasteiger partial charge in [-0.15, -0.1) is 0 Å². The highest BCUT2D eigenvalue weighted by atomic mass is 16.1. The summed E-state index contributed by atoms with van der Waals surface area (Å²) in [6.07, 6.45) is 2.01. The van der Waals surface area contributed by atoms with Gasteiger partial charge in [-0.25, -0.2) is 4.79 Å². The van der Waals surface area contributed by atoms with Crippen LogP contribution in [0.3, 0.4) is 0 Å². The van der Waals surface area contributed by atoms with E-state index in [1.165, 1.54) is 6.08 Å². The topological polar surface area (TPSA) is 58.5 Å². The minimum absolute atomic E-state index is 0.0734. The molecule has 1 aromatic rings. The number of carbonyl (C=O) groups excluding carboxylic acids is 2. The van der Waals surface area contributed by atoms with Crippen LogP contribution in [0.4, 0.5) is 5.69 Å². The molecule has 1 fully saturated rings. The summed E-state index contributed by atoms with van der Waals surface area (Å²) in [5, 5.41) is 2.77. The average molecular weight is 202 g/mol. The van der Waals surface area contributed by atoms with Gasteiger partial charge in [0.1, 0.15) is 0 Å². The molecule has 0 aliphatic carbocycles. The molecule has 1 aliphatic rings. The zero-order chi connectivity index (χ0) is 10.7. The lowest BCUT2D eigenvalue weighted by atomic mass is 9.98. The highest BCUT2D eigenvalue weighted by Gasteiger charge is 2.22. The van der Waals surface area contributed by atoms with Crippen molar-refractivity contribution in [2.45, 2.75) is 12.3 Å². The predicted molar refractivity (Wildman–Crippen MR) is 54.6 cm³/mol. The fourth-order valence-corrected chi connectivity index (χ4v) is 1.74. The number of nitrogens with zero attached hydrogens (tertiary/aromatic N) is 1. The molecule has 1 atom stereocenters. The van der Waals surface area contributed by atoms with Gasteiger partial charge in [0.15, 0.2) is 0 Å². The summed E-state index contributed by atoms with van der Waals surface area (Å²) in [4.78, 5) is 24.7. The summed E-state index contributed by atoms with van der Waals surface area (Å²) >= 11 is 0. The first-order valence-electron chi connectivity index (χ1n) is 4.74. The Kier molecular flexibility index (Phi) is 2.61. The maximum Gasteiger partial charge on any atom is 0.240 e. The fraction of sp³-hybridized carbons (Fsp3) is 0.273. The second kappa shape index (κ2) is 4.07. The van der Waals surface area contributed by atoms with E-state index < -0.39 is 0 Å². The summed E-state index contributed by atoms with van der Waals surface area (Å²) in [6, 6.07) is 7.32. The molecule has 2 rings (SSSR count). The Morgan fingerprint density at radius 2 is 2.33 bits per heavy atom. The van der Waals surface area contributed by atoms with Crippen LogP contribution in [0.25, 0.3) is 0 Å². The highest BCUT2D eigenvalue weighted by Crippen LogP contribution is 2.25. The summed E-state index contributed by atoms with van der Waals surface area (Å²) < 4.78 is 0. The lowest BCUT2D eigenvalue weighted by Gasteiger charge is -2.07. The summed E-state index contributed by atoms with van der Waals surface area (Å²) in [6.45, 7) is 0.660. The van der Waals surface area contributed by atoms with E-state index >= 15 is 0 Å². The Morgan fingerprint density at radius 3 is 3.00 bits per heavy atom. The highest BCUT2D eigenvalue weighted by molar-refractivity contribution is 5.79. The van der Waals surface area contributed by atoms with Crippen molar-refractivity contribution >= 4 is 17.7 Å². The maximum absolute atomic E-state index is 11.0. The molecule has 0 radical (unpaired) electrons. The second-order valence-corrected chi connectivity index (χ2v) is 3.50. The van der Waals surface area contributed by atoms with E-state index in [2.05, 4.69) is 10.3 Å². The van der Waals surface area contributed by atoms with Gasteiger partial charge in [-0.05, 0) is 17.7 Å². The number of carbonyl (C=O) groups is 1. The van der Waals surface area contributed by atoms with Crippen molar-refractivity contribution in [3.05, 3.63) is 29.8 Å². The van der Waals surface area contributed by atoms with E-state index in [0.29, 0.717) is 18.7 Å². The van der Waals surface area contributed by atoms with Gasteiger partial charge in [-0.2, -0.15) is 4.99 Å². The molecule has 1 heterocycles. The Labute approximate surface area is 87.0 Å². The Bertz CT molecular complexity index is 436. The molecule has 1 unspecified atom stereocenters. The van der Waals surface area contributed by atoms with Crippen molar-refractivity contribution < 1.29 is 9.59 Å². The summed E-state index contributed by atoms with van der Waals surface area (Å²) in [5.74, 6) is 0.267. The number of benzene rings is 1. The molecule has 1 amide bonds. The van der Waals surface area contributed by atoms with Gasteiger partial charge in [0.2, 0.25) is 12.0 Å². The summed E-state index contributed by atoms with van der Waals surface area (Å²) in [5.41, 5.74) is 1.62. The molecule has 0 bridgehead atoms. The van der Waals surface area contributed by atoms with E-state index in [0.717, 1.165) is 5.56 Å². The number of hydrogen-bond donors (Lipinski definition) is 1. The molecule has 0 saturated carbocycles. The number of amides is 1. The molecule has 1 saturated heterocycles. The molecule has 0 aromatic heterocycles. The van der Waals surface area contributed by atoms with E-state index in [1.54, 1.807) is 6.07 Å². The van der Waals surface area contributed by atoms with Gasteiger partial charge >= 0.3 is 0 Å². The first-order valence-corrected chi connectivity index (χ1v) is 4.74. The first-order chi connectivity index (χ1) is 7.29. The second-order valence-electron chi connectivity index (χ2n) is 3.50. The molecule has 1 aromatic carbocycles. The van der Waals surface area contributed by atoms with Crippen LogP contribution in [0.1, 0.15) is 17.9 Å². The van der Waals surface area contributed by atoms with Crippen LogP contribution in [0.15, 0.2) is 29.3 Å². The van der Waals surface area contributed by atoms with Crippen LogP contribution in [-0.2, 0) is 9.59 Å². The summed E-state index contributed by atoms with van der Waals surface area (Å²) in [7, 11) is 0. The fourth-order valence-electron chi connectivity index (χ4n) is 1.74. The molecule has 1 N–H and O–H groups in total. The number of hydrogen-bond acceptors (Lipinski definition) is 3. The third kappa shape index (κ3) is 2.11. The zero-order valence-corrected chi connectivity index (χ0v) is 8.06. The van der Waals surface area contributed by atoms with Gasteiger partial charge < -0.3 is 5.32 Å². The molecule has 4 nitrogen and oxygen atoms in total. The van der Waals surface area contributed by atoms with Crippen molar-refractivity contribution in [1.82, 2.24) is 5.32 Å². The Balaban J connectivity index is 2.24. The van der Waals surface area contributed by atoms with Crippen LogP contribution in [-0.4, -0.2) is 18.5 Å². The third-order valence-electron chi connectivity index (χ3n) is 2.49. The molecule has 15 heavy (non-hydrogen) atoms. The largest absolute Gasteiger partial charge is 0.355 e.